The summed E-state index contributed by atoms with van der Waals surface area (Å²) in [5.74, 6) is -0.253. The number of fused-ring (bicyclic) bond motifs is 1. The average molecular weight is 459 g/mol. The van der Waals surface area contributed by atoms with Gasteiger partial charge in [-0.3, -0.25) is 4.90 Å². The van der Waals surface area contributed by atoms with Crippen LogP contribution in [-0.4, -0.2) is 64.3 Å². The van der Waals surface area contributed by atoms with Crippen molar-refractivity contribution in [3.63, 3.8) is 0 Å². The van der Waals surface area contributed by atoms with Crippen LogP contribution in [0.4, 0.5) is 9.18 Å². The molecule has 2 amide bonds. The van der Waals surface area contributed by atoms with E-state index in [1.54, 1.807) is 12.1 Å². The molecule has 9 nitrogen and oxygen atoms in total. The molecule has 2 fully saturated rings. The molecule has 3 aliphatic rings. The van der Waals surface area contributed by atoms with Crippen molar-refractivity contribution in [1.82, 2.24) is 30.5 Å². The lowest BCUT2D eigenvalue weighted by Crippen LogP contribution is -2.48. The summed E-state index contributed by atoms with van der Waals surface area (Å²) >= 11 is 0. The first-order valence-electron chi connectivity index (χ1n) is 11.8. The SMILES string of the molecule is O=C(NCC1CCCO1)NC1CCN(Cc2nnn3c2COC(c2ccc(F)cc2)C3)CC1. The number of amides is 2. The number of likely N-dealkylation sites (tertiary alicyclic amines) is 1. The number of rotatable bonds is 6. The number of urea groups is 1. The molecule has 2 unspecified atom stereocenters. The maximum Gasteiger partial charge on any atom is 0.315 e. The molecule has 2 atom stereocenters. The van der Waals surface area contributed by atoms with E-state index >= 15 is 0 Å². The summed E-state index contributed by atoms with van der Waals surface area (Å²) in [4.78, 5) is 14.5. The normalized spacial score (nSPS) is 23.9. The van der Waals surface area contributed by atoms with Gasteiger partial charge in [0.25, 0.3) is 0 Å². The van der Waals surface area contributed by atoms with Crippen LogP contribution in [0.1, 0.15) is 48.7 Å². The molecule has 5 rings (SSSR count). The number of hydrogen-bond donors (Lipinski definition) is 2. The predicted octanol–water partition coefficient (Wildman–Crippen LogP) is 2.13. The van der Waals surface area contributed by atoms with E-state index in [-0.39, 0.29) is 30.1 Å². The van der Waals surface area contributed by atoms with Gasteiger partial charge in [0.05, 0.1) is 24.9 Å². The first kappa shape index (κ1) is 22.2. The van der Waals surface area contributed by atoms with Crippen LogP contribution in [0.25, 0.3) is 0 Å². The molecule has 2 aromatic rings. The third-order valence-corrected chi connectivity index (χ3v) is 6.73. The second-order valence-corrected chi connectivity index (χ2v) is 9.06. The van der Waals surface area contributed by atoms with Crippen molar-refractivity contribution < 1.29 is 18.7 Å². The van der Waals surface area contributed by atoms with Gasteiger partial charge in [-0.15, -0.1) is 5.10 Å². The van der Waals surface area contributed by atoms with E-state index in [4.69, 9.17) is 9.47 Å². The average Bonchev–Trinajstić information content (AvgIpc) is 3.49. The van der Waals surface area contributed by atoms with Crippen molar-refractivity contribution in [3.8, 4) is 0 Å². The maximum atomic E-state index is 13.2. The summed E-state index contributed by atoms with van der Waals surface area (Å²) in [5.41, 5.74) is 2.88. The number of nitrogens with one attached hydrogen (secondary N) is 2. The monoisotopic (exact) mass is 458 g/mol. The van der Waals surface area contributed by atoms with E-state index in [1.165, 1.54) is 12.1 Å². The molecule has 0 radical (unpaired) electrons. The first-order chi connectivity index (χ1) is 16.1. The largest absolute Gasteiger partial charge is 0.376 e. The number of benzene rings is 1. The first-order valence-corrected chi connectivity index (χ1v) is 11.8. The Kier molecular flexibility index (Phi) is 6.84. The van der Waals surface area contributed by atoms with Crippen LogP contribution in [0.15, 0.2) is 24.3 Å². The van der Waals surface area contributed by atoms with Gasteiger partial charge in [-0.05, 0) is 43.4 Å². The lowest BCUT2D eigenvalue weighted by molar-refractivity contribution is -0.00219. The second kappa shape index (κ2) is 10.1. The molecule has 10 heteroatoms. The molecule has 33 heavy (non-hydrogen) atoms. The molecule has 3 aliphatic heterocycles. The van der Waals surface area contributed by atoms with E-state index in [0.29, 0.717) is 19.7 Å². The number of hydrogen-bond acceptors (Lipinski definition) is 6. The third kappa shape index (κ3) is 5.51. The molecule has 2 saturated heterocycles. The maximum absolute atomic E-state index is 13.2. The number of ether oxygens (including phenoxy) is 2. The lowest BCUT2D eigenvalue weighted by atomic mass is 10.0. The topological polar surface area (TPSA) is 93.5 Å². The highest BCUT2D eigenvalue weighted by Gasteiger charge is 2.27. The Bertz CT molecular complexity index is 938. The molecule has 0 spiro atoms. The molecule has 0 saturated carbocycles. The predicted molar refractivity (Wildman–Crippen MR) is 118 cm³/mol. The van der Waals surface area contributed by atoms with Crippen LogP contribution in [0.3, 0.4) is 0 Å². The molecular formula is C23H31FN6O3. The van der Waals surface area contributed by atoms with Crippen LogP contribution < -0.4 is 10.6 Å². The minimum absolute atomic E-state index is 0.107. The van der Waals surface area contributed by atoms with Gasteiger partial charge < -0.3 is 20.1 Å². The number of halogens is 1. The molecule has 2 N–H and O–H groups in total. The Hall–Kier alpha value is -2.56. The molecule has 4 heterocycles. The highest BCUT2D eigenvalue weighted by molar-refractivity contribution is 5.74. The van der Waals surface area contributed by atoms with Crippen molar-refractivity contribution in [3.05, 3.63) is 47.0 Å². The van der Waals surface area contributed by atoms with Crippen molar-refractivity contribution in [2.75, 3.05) is 26.2 Å². The van der Waals surface area contributed by atoms with Crippen molar-refractivity contribution in [2.45, 2.75) is 63.6 Å². The van der Waals surface area contributed by atoms with E-state index < -0.39 is 0 Å². The Morgan fingerprint density at radius 3 is 2.73 bits per heavy atom. The van der Waals surface area contributed by atoms with Crippen molar-refractivity contribution in [2.24, 2.45) is 0 Å². The summed E-state index contributed by atoms with van der Waals surface area (Å²) in [6, 6.07) is 6.48. The van der Waals surface area contributed by atoms with Crippen LogP contribution in [0.2, 0.25) is 0 Å². The van der Waals surface area contributed by atoms with Gasteiger partial charge in [0.15, 0.2) is 0 Å². The quantitative estimate of drug-likeness (QED) is 0.689. The fourth-order valence-corrected chi connectivity index (χ4v) is 4.76. The third-order valence-electron chi connectivity index (χ3n) is 6.73. The molecule has 0 aliphatic carbocycles. The van der Waals surface area contributed by atoms with Gasteiger partial charge >= 0.3 is 6.03 Å². The van der Waals surface area contributed by atoms with Crippen LogP contribution in [-0.2, 0) is 29.2 Å². The van der Waals surface area contributed by atoms with Crippen molar-refractivity contribution in [1.29, 1.82) is 0 Å². The smallest absolute Gasteiger partial charge is 0.315 e. The molecule has 1 aromatic carbocycles. The summed E-state index contributed by atoms with van der Waals surface area (Å²) in [7, 11) is 0. The van der Waals surface area contributed by atoms with Gasteiger partial charge in [0, 0.05) is 38.8 Å². The standard InChI is InChI=1S/C23H31FN6O3/c24-17-5-3-16(4-6-17)22-14-30-21(15-33-22)20(27-28-30)13-29-9-7-18(8-10-29)26-23(31)25-12-19-2-1-11-32-19/h3-6,18-19,22H,1-2,7-15H2,(H2,25,26,31). The van der Waals surface area contributed by atoms with Crippen LogP contribution in [0.5, 0.6) is 0 Å². The Morgan fingerprint density at radius 2 is 1.97 bits per heavy atom. The van der Waals surface area contributed by atoms with E-state index in [2.05, 4.69) is 25.8 Å². The minimum atomic E-state index is -0.253. The zero-order valence-corrected chi connectivity index (χ0v) is 18.7. The van der Waals surface area contributed by atoms with Gasteiger partial charge in [0.1, 0.15) is 17.6 Å². The van der Waals surface area contributed by atoms with Crippen molar-refractivity contribution >= 4 is 6.03 Å². The van der Waals surface area contributed by atoms with Crippen LogP contribution >= 0.6 is 0 Å². The number of nitrogens with zero attached hydrogens (tertiary/aromatic N) is 4. The zero-order valence-electron chi connectivity index (χ0n) is 18.7. The van der Waals surface area contributed by atoms with Crippen LogP contribution in [0, 0.1) is 5.82 Å². The fraction of sp³-hybridized carbons (Fsp3) is 0.609. The Balaban J connectivity index is 1.07. The summed E-state index contributed by atoms with van der Waals surface area (Å²) in [6.07, 6.45) is 3.90. The summed E-state index contributed by atoms with van der Waals surface area (Å²) < 4.78 is 26.7. The van der Waals surface area contributed by atoms with E-state index in [0.717, 1.165) is 68.9 Å². The molecule has 0 bridgehead atoms. The highest BCUT2D eigenvalue weighted by atomic mass is 19.1. The number of carbonyl (C=O) groups is 1. The van der Waals surface area contributed by atoms with E-state index in [1.807, 2.05) is 4.68 Å². The van der Waals surface area contributed by atoms with Gasteiger partial charge in [-0.25, -0.2) is 13.9 Å². The zero-order chi connectivity index (χ0) is 22.6. The Labute approximate surface area is 192 Å². The minimum Gasteiger partial charge on any atom is -0.376 e. The highest BCUT2D eigenvalue weighted by Crippen LogP contribution is 2.27. The lowest BCUT2D eigenvalue weighted by Gasteiger charge is -2.32. The molecule has 1 aromatic heterocycles. The van der Waals surface area contributed by atoms with E-state index in [9.17, 15) is 9.18 Å². The summed E-state index contributed by atoms with van der Waals surface area (Å²) in [5, 5.41) is 14.8. The molecular weight excluding hydrogens is 427 g/mol. The summed E-state index contributed by atoms with van der Waals surface area (Å²) in [6.45, 7) is 4.88. The van der Waals surface area contributed by atoms with Gasteiger partial charge in [0.2, 0.25) is 0 Å². The number of aromatic nitrogens is 3. The van der Waals surface area contributed by atoms with Gasteiger partial charge in [-0.1, -0.05) is 17.3 Å². The number of piperidine rings is 1. The molecule has 178 valence electrons. The second-order valence-electron chi connectivity index (χ2n) is 9.06. The Morgan fingerprint density at radius 1 is 1.15 bits per heavy atom. The fourth-order valence-electron chi connectivity index (χ4n) is 4.76. The van der Waals surface area contributed by atoms with Gasteiger partial charge in [-0.2, -0.15) is 0 Å². The number of carbonyl (C=O) groups excluding carboxylic acids is 1.